The van der Waals surface area contributed by atoms with Gasteiger partial charge in [-0.2, -0.15) is 0 Å². The molecule has 2 atom stereocenters. The first-order valence-corrected chi connectivity index (χ1v) is 7.25. The molecule has 4 heteroatoms. The molecule has 0 aliphatic rings. The average Bonchev–Trinajstić information content (AvgIpc) is 2.38. The molecule has 0 aliphatic heterocycles. The lowest BCUT2D eigenvalue weighted by molar-refractivity contribution is 0.0971. The van der Waals surface area contributed by atoms with E-state index in [9.17, 15) is 4.79 Å². The Morgan fingerprint density at radius 2 is 2.25 bits per heavy atom. The molecule has 0 amide bonds. The third kappa shape index (κ3) is 4.27. The van der Waals surface area contributed by atoms with Crippen molar-refractivity contribution in [3.05, 3.63) is 42.1 Å². The van der Waals surface area contributed by atoms with Crippen molar-refractivity contribution in [3.8, 4) is 5.75 Å². The molecular formula is C16H22ClNO2. The SMILES string of the molecule is C=CNC(Oc1cccc(C)c1C(=O)CCC)C(C)Cl. The fourth-order valence-corrected chi connectivity index (χ4v) is 2.09. The van der Waals surface area contributed by atoms with E-state index in [1.807, 2.05) is 32.9 Å². The van der Waals surface area contributed by atoms with Crippen molar-refractivity contribution in [2.75, 3.05) is 0 Å². The van der Waals surface area contributed by atoms with Gasteiger partial charge in [0, 0.05) is 6.42 Å². The van der Waals surface area contributed by atoms with Crippen molar-refractivity contribution in [1.82, 2.24) is 5.32 Å². The zero-order valence-corrected chi connectivity index (χ0v) is 13.0. The summed E-state index contributed by atoms with van der Waals surface area (Å²) < 4.78 is 5.86. The smallest absolute Gasteiger partial charge is 0.185 e. The number of Topliss-reactive ketones (excluding diaryl/α,β-unsaturated/α-hetero) is 1. The Morgan fingerprint density at radius 3 is 2.80 bits per heavy atom. The van der Waals surface area contributed by atoms with Gasteiger partial charge in [0.2, 0.25) is 0 Å². The number of alkyl halides is 1. The van der Waals surface area contributed by atoms with Crippen LogP contribution in [0.3, 0.4) is 0 Å². The number of aryl methyl sites for hydroxylation is 1. The number of benzene rings is 1. The molecule has 0 radical (unpaired) electrons. The summed E-state index contributed by atoms with van der Waals surface area (Å²) in [7, 11) is 0. The van der Waals surface area contributed by atoms with Gasteiger partial charge >= 0.3 is 0 Å². The van der Waals surface area contributed by atoms with Gasteiger partial charge in [0.15, 0.2) is 12.0 Å². The summed E-state index contributed by atoms with van der Waals surface area (Å²) in [6, 6.07) is 5.58. The third-order valence-corrected chi connectivity index (χ3v) is 3.17. The molecule has 1 rings (SSSR count). The van der Waals surface area contributed by atoms with Gasteiger partial charge in [0.1, 0.15) is 5.75 Å². The van der Waals surface area contributed by atoms with Crippen molar-refractivity contribution in [1.29, 1.82) is 0 Å². The highest BCUT2D eigenvalue weighted by molar-refractivity contribution is 6.20. The second-order valence-corrected chi connectivity index (χ2v) is 5.40. The molecule has 1 N–H and O–H groups in total. The summed E-state index contributed by atoms with van der Waals surface area (Å²) in [6.07, 6.45) is 2.43. The van der Waals surface area contributed by atoms with Crippen LogP contribution in [0.4, 0.5) is 0 Å². The van der Waals surface area contributed by atoms with E-state index in [1.165, 1.54) is 6.20 Å². The number of ketones is 1. The van der Waals surface area contributed by atoms with Crippen molar-refractivity contribution >= 4 is 17.4 Å². The van der Waals surface area contributed by atoms with E-state index < -0.39 is 6.23 Å². The van der Waals surface area contributed by atoms with E-state index in [2.05, 4.69) is 11.9 Å². The summed E-state index contributed by atoms with van der Waals surface area (Å²) >= 11 is 6.09. The van der Waals surface area contributed by atoms with Gasteiger partial charge in [-0.3, -0.25) is 4.79 Å². The molecule has 1 aromatic carbocycles. The zero-order valence-electron chi connectivity index (χ0n) is 12.3. The van der Waals surface area contributed by atoms with Gasteiger partial charge in [0.25, 0.3) is 0 Å². The molecular weight excluding hydrogens is 274 g/mol. The van der Waals surface area contributed by atoms with E-state index in [1.54, 1.807) is 6.07 Å². The van der Waals surface area contributed by atoms with Crippen molar-refractivity contribution in [2.24, 2.45) is 0 Å². The molecule has 0 heterocycles. The molecule has 110 valence electrons. The lowest BCUT2D eigenvalue weighted by Gasteiger charge is -2.23. The summed E-state index contributed by atoms with van der Waals surface area (Å²) in [4.78, 5) is 12.2. The lowest BCUT2D eigenvalue weighted by atomic mass is 10.0. The molecule has 0 fully saturated rings. The van der Waals surface area contributed by atoms with Gasteiger partial charge < -0.3 is 10.1 Å². The Kier molecular flexibility index (Phi) is 6.59. The minimum absolute atomic E-state index is 0.0974. The maximum absolute atomic E-state index is 12.2. The first-order valence-electron chi connectivity index (χ1n) is 6.81. The summed E-state index contributed by atoms with van der Waals surface area (Å²) in [5.41, 5.74) is 1.56. The van der Waals surface area contributed by atoms with E-state index in [0.29, 0.717) is 17.7 Å². The van der Waals surface area contributed by atoms with Crippen molar-refractivity contribution < 1.29 is 9.53 Å². The summed E-state index contributed by atoms with van der Waals surface area (Å²) in [5.74, 6) is 0.662. The van der Waals surface area contributed by atoms with Crippen LogP contribution in [0.25, 0.3) is 0 Å². The minimum Gasteiger partial charge on any atom is -0.468 e. The number of ether oxygens (including phenoxy) is 1. The molecule has 1 aromatic rings. The van der Waals surface area contributed by atoms with Gasteiger partial charge in [-0.1, -0.05) is 25.6 Å². The Hall–Kier alpha value is -1.48. The normalized spacial score (nSPS) is 13.4. The van der Waals surface area contributed by atoms with E-state index in [0.717, 1.165) is 12.0 Å². The van der Waals surface area contributed by atoms with Crippen LogP contribution in [0.15, 0.2) is 31.0 Å². The van der Waals surface area contributed by atoms with Crippen molar-refractivity contribution in [2.45, 2.75) is 45.2 Å². The molecule has 0 aromatic heterocycles. The van der Waals surface area contributed by atoms with Crippen LogP contribution >= 0.6 is 11.6 Å². The molecule has 0 spiro atoms. The number of hydrogen-bond donors (Lipinski definition) is 1. The van der Waals surface area contributed by atoms with Crippen LogP contribution in [0.5, 0.6) is 5.75 Å². The summed E-state index contributed by atoms with van der Waals surface area (Å²) in [5, 5.41) is 2.69. The topological polar surface area (TPSA) is 38.3 Å². The van der Waals surface area contributed by atoms with Gasteiger partial charge in [-0.15, -0.1) is 11.6 Å². The predicted octanol–water partition coefficient (Wildman–Crippen LogP) is 4.04. The largest absolute Gasteiger partial charge is 0.468 e. The number of carbonyl (C=O) groups is 1. The fourth-order valence-electron chi connectivity index (χ4n) is 1.96. The number of rotatable bonds is 8. The van der Waals surface area contributed by atoms with Crippen LogP contribution in [0, 0.1) is 6.92 Å². The Balaban J connectivity index is 3.07. The number of halogens is 1. The maximum atomic E-state index is 12.2. The van der Waals surface area contributed by atoms with E-state index in [-0.39, 0.29) is 11.2 Å². The van der Waals surface area contributed by atoms with Gasteiger partial charge in [-0.05, 0) is 38.1 Å². The molecule has 20 heavy (non-hydrogen) atoms. The number of carbonyl (C=O) groups excluding carboxylic acids is 1. The second kappa shape index (κ2) is 7.95. The molecule has 0 saturated heterocycles. The molecule has 3 nitrogen and oxygen atoms in total. The first kappa shape index (κ1) is 16.6. The monoisotopic (exact) mass is 295 g/mol. The Labute approximate surface area is 126 Å². The molecule has 0 aliphatic carbocycles. The van der Waals surface area contributed by atoms with E-state index in [4.69, 9.17) is 16.3 Å². The highest BCUT2D eigenvalue weighted by Crippen LogP contribution is 2.25. The van der Waals surface area contributed by atoms with Gasteiger partial charge in [0.05, 0.1) is 10.9 Å². The van der Waals surface area contributed by atoms with E-state index >= 15 is 0 Å². The highest BCUT2D eigenvalue weighted by atomic mass is 35.5. The standard InChI is InChI=1S/C16H22ClNO2/c1-5-8-13(19)15-11(3)9-7-10-14(15)20-16(12(4)17)18-6-2/h6-7,9-10,12,16,18H,2,5,8H2,1,3-4H3. The Morgan fingerprint density at radius 1 is 1.55 bits per heavy atom. The molecule has 2 unspecified atom stereocenters. The van der Waals surface area contributed by atoms with Crippen molar-refractivity contribution in [3.63, 3.8) is 0 Å². The molecule has 0 saturated carbocycles. The quantitative estimate of drug-likeness (QED) is 0.447. The zero-order chi connectivity index (χ0) is 15.1. The minimum atomic E-state index is -0.427. The Bertz CT molecular complexity index is 472. The van der Waals surface area contributed by atoms with Crippen LogP contribution < -0.4 is 10.1 Å². The lowest BCUT2D eigenvalue weighted by Crippen LogP contribution is -2.37. The fraction of sp³-hybridized carbons (Fsp3) is 0.438. The summed E-state index contributed by atoms with van der Waals surface area (Å²) in [6.45, 7) is 9.34. The second-order valence-electron chi connectivity index (χ2n) is 4.71. The number of hydrogen-bond acceptors (Lipinski definition) is 3. The van der Waals surface area contributed by atoms with Gasteiger partial charge in [-0.25, -0.2) is 0 Å². The third-order valence-electron chi connectivity index (χ3n) is 2.94. The first-order chi connectivity index (χ1) is 9.51. The van der Waals surface area contributed by atoms with Crippen LogP contribution in [-0.2, 0) is 0 Å². The van der Waals surface area contributed by atoms with Crippen LogP contribution in [0.1, 0.15) is 42.6 Å². The maximum Gasteiger partial charge on any atom is 0.185 e. The highest BCUT2D eigenvalue weighted by Gasteiger charge is 2.20. The van der Waals surface area contributed by atoms with Crippen LogP contribution in [-0.4, -0.2) is 17.4 Å². The molecule has 0 bridgehead atoms. The number of nitrogens with one attached hydrogen (secondary N) is 1. The predicted molar refractivity (Wildman–Crippen MR) is 83.5 cm³/mol. The average molecular weight is 296 g/mol. The van der Waals surface area contributed by atoms with Crippen LogP contribution in [0.2, 0.25) is 0 Å².